The number of halogens is 1. The highest BCUT2D eigenvalue weighted by Crippen LogP contribution is 2.28. The van der Waals surface area contributed by atoms with E-state index in [9.17, 15) is 0 Å². The molecule has 2 nitrogen and oxygen atoms in total. The average Bonchev–Trinajstić information content (AvgIpc) is 2.96. The lowest BCUT2D eigenvalue weighted by Crippen LogP contribution is -1.83. The molecule has 1 aromatic carbocycles. The number of hydrogen-bond acceptors (Lipinski definition) is 2. The van der Waals surface area contributed by atoms with E-state index in [1.807, 2.05) is 6.07 Å². The molecule has 0 radical (unpaired) electrons. The number of nitrogens with zero attached hydrogens (tertiary/aromatic N) is 1. The third-order valence-electron chi connectivity index (χ3n) is 3.08. The van der Waals surface area contributed by atoms with Gasteiger partial charge in [0.1, 0.15) is 0 Å². The van der Waals surface area contributed by atoms with Gasteiger partial charge in [0.15, 0.2) is 5.76 Å². The largest absolute Gasteiger partial charge is 0.356 e. The second-order valence-corrected chi connectivity index (χ2v) is 4.42. The van der Waals surface area contributed by atoms with Crippen molar-refractivity contribution in [2.24, 2.45) is 0 Å². The van der Waals surface area contributed by atoms with Crippen LogP contribution >= 0.6 is 11.6 Å². The molecule has 1 aromatic heterocycles. The quantitative estimate of drug-likeness (QED) is 0.742. The summed E-state index contributed by atoms with van der Waals surface area (Å²) in [6.45, 7) is 0. The Hall–Kier alpha value is -1.28. The Morgan fingerprint density at radius 3 is 2.88 bits per heavy atom. The molecule has 0 spiro atoms. The summed E-state index contributed by atoms with van der Waals surface area (Å²) in [7, 11) is 0. The highest BCUT2D eigenvalue weighted by Gasteiger charge is 2.13. The van der Waals surface area contributed by atoms with Gasteiger partial charge in [0.05, 0.1) is 11.6 Å². The number of hydrogen-bond donors (Lipinski definition) is 0. The second kappa shape index (κ2) is 3.95. The monoisotopic (exact) mass is 233 g/mol. The minimum atomic E-state index is 0.397. The zero-order valence-electron chi connectivity index (χ0n) is 8.87. The van der Waals surface area contributed by atoms with Gasteiger partial charge in [-0.15, -0.1) is 11.6 Å². The Balaban J connectivity index is 2.00. The lowest BCUT2D eigenvalue weighted by atomic mass is 10.0. The summed E-state index contributed by atoms with van der Waals surface area (Å²) in [5.41, 5.74) is 4.81. The van der Waals surface area contributed by atoms with E-state index in [1.165, 1.54) is 30.4 Å². The van der Waals surface area contributed by atoms with Crippen molar-refractivity contribution in [3.05, 3.63) is 41.1 Å². The van der Waals surface area contributed by atoms with E-state index in [2.05, 4.69) is 23.4 Å². The van der Waals surface area contributed by atoms with Crippen LogP contribution in [0.3, 0.4) is 0 Å². The zero-order chi connectivity index (χ0) is 11.0. The number of benzene rings is 1. The van der Waals surface area contributed by atoms with E-state index in [0.29, 0.717) is 5.88 Å². The molecule has 0 bridgehead atoms. The normalized spacial score (nSPS) is 14.1. The van der Waals surface area contributed by atoms with Crippen LogP contribution in [0.1, 0.15) is 23.2 Å². The van der Waals surface area contributed by atoms with Gasteiger partial charge in [0.25, 0.3) is 0 Å². The van der Waals surface area contributed by atoms with Crippen molar-refractivity contribution in [1.82, 2.24) is 5.16 Å². The van der Waals surface area contributed by atoms with Gasteiger partial charge in [-0.3, -0.25) is 0 Å². The number of aromatic nitrogens is 1. The minimum Gasteiger partial charge on any atom is -0.356 e. The van der Waals surface area contributed by atoms with Crippen LogP contribution in [0.4, 0.5) is 0 Å². The van der Waals surface area contributed by atoms with Crippen LogP contribution in [-0.2, 0) is 18.7 Å². The van der Waals surface area contributed by atoms with Gasteiger partial charge < -0.3 is 4.52 Å². The van der Waals surface area contributed by atoms with Gasteiger partial charge in [-0.25, -0.2) is 0 Å². The SMILES string of the molecule is ClCc1cc(-c2ccc3c(c2)CCC3)on1. The predicted molar refractivity (Wildman–Crippen MR) is 63.5 cm³/mol. The first-order valence-corrected chi connectivity index (χ1v) is 6.04. The first-order valence-electron chi connectivity index (χ1n) is 5.50. The highest BCUT2D eigenvalue weighted by atomic mass is 35.5. The van der Waals surface area contributed by atoms with E-state index in [4.69, 9.17) is 16.1 Å². The standard InChI is InChI=1S/C13H12ClNO/c14-8-12-7-13(16-15-12)11-5-4-9-2-1-3-10(9)6-11/h4-7H,1-3,8H2. The Labute approximate surface area is 99.2 Å². The Morgan fingerprint density at radius 2 is 2.06 bits per heavy atom. The molecule has 2 aromatic rings. The van der Waals surface area contributed by atoms with E-state index in [1.54, 1.807) is 0 Å². The molecule has 0 amide bonds. The first-order chi connectivity index (χ1) is 7.86. The second-order valence-electron chi connectivity index (χ2n) is 4.15. The molecule has 0 unspecified atom stereocenters. The summed E-state index contributed by atoms with van der Waals surface area (Å²) < 4.78 is 5.27. The van der Waals surface area contributed by atoms with Crippen LogP contribution < -0.4 is 0 Å². The Morgan fingerprint density at radius 1 is 1.19 bits per heavy atom. The molecule has 16 heavy (non-hydrogen) atoms. The summed E-state index contributed by atoms with van der Waals surface area (Å²) in [4.78, 5) is 0. The van der Waals surface area contributed by atoms with Gasteiger partial charge in [0, 0.05) is 11.6 Å². The van der Waals surface area contributed by atoms with Crippen LogP contribution in [0.5, 0.6) is 0 Å². The van der Waals surface area contributed by atoms with Crippen LogP contribution in [-0.4, -0.2) is 5.16 Å². The number of fused-ring (bicyclic) bond motifs is 1. The van der Waals surface area contributed by atoms with Crippen LogP contribution in [0.2, 0.25) is 0 Å². The molecule has 1 aliphatic carbocycles. The van der Waals surface area contributed by atoms with Gasteiger partial charge in [-0.05, 0) is 36.5 Å². The molecule has 0 aliphatic heterocycles. The molecule has 0 saturated carbocycles. The third kappa shape index (κ3) is 1.63. The van der Waals surface area contributed by atoms with Crippen molar-refractivity contribution in [3.8, 4) is 11.3 Å². The van der Waals surface area contributed by atoms with Crippen molar-refractivity contribution in [3.63, 3.8) is 0 Å². The lowest BCUT2D eigenvalue weighted by Gasteiger charge is -2.00. The van der Waals surface area contributed by atoms with E-state index in [-0.39, 0.29) is 0 Å². The van der Waals surface area contributed by atoms with Crippen molar-refractivity contribution in [1.29, 1.82) is 0 Å². The Kier molecular flexibility index (Phi) is 2.44. The van der Waals surface area contributed by atoms with E-state index >= 15 is 0 Å². The molecule has 1 heterocycles. The Bertz CT molecular complexity index is 518. The first kappa shape index (κ1) is 9.91. The van der Waals surface area contributed by atoms with E-state index in [0.717, 1.165) is 17.0 Å². The summed E-state index contributed by atoms with van der Waals surface area (Å²) in [5, 5.41) is 3.90. The van der Waals surface area contributed by atoms with Crippen molar-refractivity contribution in [2.75, 3.05) is 0 Å². The zero-order valence-corrected chi connectivity index (χ0v) is 9.63. The number of aryl methyl sites for hydroxylation is 2. The fraction of sp³-hybridized carbons (Fsp3) is 0.308. The maximum Gasteiger partial charge on any atom is 0.167 e. The van der Waals surface area contributed by atoms with Crippen LogP contribution in [0.25, 0.3) is 11.3 Å². The molecule has 82 valence electrons. The molecule has 0 fully saturated rings. The lowest BCUT2D eigenvalue weighted by molar-refractivity contribution is 0.426. The van der Waals surface area contributed by atoms with Crippen LogP contribution in [0.15, 0.2) is 28.8 Å². The molecular formula is C13H12ClNO. The number of alkyl halides is 1. The fourth-order valence-electron chi connectivity index (χ4n) is 2.24. The summed E-state index contributed by atoms with van der Waals surface area (Å²) in [6, 6.07) is 8.41. The fourth-order valence-corrected chi connectivity index (χ4v) is 2.36. The summed E-state index contributed by atoms with van der Waals surface area (Å²) in [6.07, 6.45) is 3.65. The average molecular weight is 234 g/mol. The molecule has 0 N–H and O–H groups in total. The van der Waals surface area contributed by atoms with Crippen LogP contribution in [0, 0.1) is 0 Å². The summed E-state index contributed by atoms with van der Waals surface area (Å²) >= 11 is 5.70. The molecule has 3 rings (SSSR count). The maximum atomic E-state index is 5.70. The topological polar surface area (TPSA) is 26.0 Å². The summed E-state index contributed by atoms with van der Waals surface area (Å²) in [5.74, 6) is 1.21. The van der Waals surface area contributed by atoms with Gasteiger partial charge >= 0.3 is 0 Å². The van der Waals surface area contributed by atoms with E-state index < -0.39 is 0 Å². The minimum absolute atomic E-state index is 0.397. The number of rotatable bonds is 2. The third-order valence-corrected chi connectivity index (χ3v) is 3.35. The molecular weight excluding hydrogens is 222 g/mol. The maximum absolute atomic E-state index is 5.70. The molecule has 0 saturated heterocycles. The van der Waals surface area contributed by atoms with Gasteiger partial charge in [-0.2, -0.15) is 0 Å². The highest BCUT2D eigenvalue weighted by molar-refractivity contribution is 6.16. The van der Waals surface area contributed by atoms with Crippen molar-refractivity contribution in [2.45, 2.75) is 25.1 Å². The smallest absolute Gasteiger partial charge is 0.167 e. The molecule has 3 heteroatoms. The van der Waals surface area contributed by atoms with Crippen molar-refractivity contribution >= 4 is 11.6 Å². The van der Waals surface area contributed by atoms with Crippen molar-refractivity contribution < 1.29 is 4.52 Å². The molecule has 1 aliphatic rings. The predicted octanol–water partition coefficient (Wildman–Crippen LogP) is 3.57. The molecule has 0 atom stereocenters. The van der Waals surface area contributed by atoms with Gasteiger partial charge in [-0.1, -0.05) is 17.3 Å². The van der Waals surface area contributed by atoms with Gasteiger partial charge in [0.2, 0.25) is 0 Å².